The van der Waals surface area contributed by atoms with Gasteiger partial charge < -0.3 is 4.90 Å². The molecule has 1 aliphatic heterocycles. The Labute approximate surface area is 132 Å². The maximum absolute atomic E-state index is 12.4. The van der Waals surface area contributed by atoms with Crippen molar-refractivity contribution in [2.45, 2.75) is 37.0 Å². The maximum atomic E-state index is 12.4. The Morgan fingerprint density at radius 3 is 2.23 bits per heavy atom. The number of sulfone groups is 1. The Morgan fingerprint density at radius 2 is 1.68 bits per heavy atom. The van der Waals surface area contributed by atoms with Gasteiger partial charge in [0.05, 0.1) is 10.6 Å². The SMILES string of the molecule is O=C(C1CCC1)N1CCC(CS(=O)(=O)c2ccccc2)CC1. The molecule has 1 amide bonds. The lowest BCUT2D eigenvalue weighted by atomic mass is 9.83. The van der Waals surface area contributed by atoms with Crippen LogP contribution in [0.2, 0.25) is 0 Å². The number of nitrogens with zero attached hydrogens (tertiary/aromatic N) is 1. The molecule has 0 bridgehead atoms. The lowest BCUT2D eigenvalue weighted by Gasteiger charge is -2.36. The molecule has 1 saturated carbocycles. The van der Waals surface area contributed by atoms with Gasteiger partial charge in [0.25, 0.3) is 0 Å². The first-order valence-corrected chi connectivity index (χ1v) is 9.78. The van der Waals surface area contributed by atoms with Gasteiger partial charge in [-0.05, 0) is 43.7 Å². The zero-order chi connectivity index (χ0) is 15.6. The highest BCUT2D eigenvalue weighted by Crippen LogP contribution is 2.30. The first kappa shape index (κ1) is 15.5. The monoisotopic (exact) mass is 321 g/mol. The van der Waals surface area contributed by atoms with Crippen molar-refractivity contribution in [3.63, 3.8) is 0 Å². The predicted molar refractivity (Wildman–Crippen MR) is 85.1 cm³/mol. The maximum Gasteiger partial charge on any atom is 0.225 e. The minimum atomic E-state index is -3.21. The summed E-state index contributed by atoms with van der Waals surface area (Å²) in [5.41, 5.74) is 0. The Hall–Kier alpha value is -1.36. The van der Waals surface area contributed by atoms with E-state index in [1.165, 1.54) is 6.42 Å². The molecular formula is C17H23NO3S. The number of hydrogen-bond acceptors (Lipinski definition) is 3. The highest BCUT2D eigenvalue weighted by Gasteiger charge is 2.32. The van der Waals surface area contributed by atoms with E-state index < -0.39 is 9.84 Å². The van der Waals surface area contributed by atoms with Gasteiger partial charge in [-0.15, -0.1) is 0 Å². The van der Waals surface area contributed by atoms with E-state index in [0.717, 1.165) is 25.7 Å². The van der Waals surface area contributed by atoms with Crippen LogP contribution in [0.25, 0.3) is 0 Å². The fourth-order valence-electron chi connectivity index (χ4n) is 3.27. The highest BCUT2D eigenvalue weighted by atomic mass is 32.2. The van der Waals surface area contributed by atoms with Crippen molar-refractivity contribution in [3.05, 3.63) is 30.3 Å². The molecule has 2 aliphatic rings. The average molecular weight is 321 g/mol. The third-order valence-corrected chi connectivity index (χ3v) is 6.84. The molecule has 120 valence electrons. The number of piperidine rings is 1. The van der Waals surface area contributed by atoms with Crippen molar-refractivity contribution in [3.8, 4) is 0 Å². The van der Waals surface area contributed by atoms with Crippen LogP contribution < -0.4 is 0 Å². The van der Waals surface area contributed by atoms with E-state index in [1.54, 1.807) is 24.3 Å². The number of likely N-dealkylation sites (tertiary alicyclic amines) is 1. The molecule has 4 nitrogen and oxygen atoms in total. The van der Waals surface area contributed by atoms with Crippen LogP contribution in [-0.4, -0.2) is 38.1 Å². The Bertz CT molecular complexity index is 615. The Balaban J connectivity index is 1.54. The number of carbonyl (C=O) groups is 1. The molecule has 0 N–H and O–H groups in total. The van der Waals surface area contributed by atoms with Gasteiger partial charge in [-0.25, -0.2) is 8.42 Å². The molecule has 1 aliphatic carbocycles. The van der Waals surface area contributed by atoms with Crippen LogP contribution in [0.3, 0.4) is 0 Å². The minimum absolute atomic E-state index is 0.163. The second-order valence-corrected chi connectivity index (χ2v) is 8.53. The first-order valence-electron chi connectivity index (χ1n) is 8.13. The van der Waals surface area contributed by atoms with Crippen molar-refractivity contribution in [1.82, 2.24) is 4.90 Å². The van der Waals surface area contributed by atoms with E-state index in [0.29, 0.717) is 18.0 Å². The summed E-state index contributed by atoms with van der Waals surface area (Å²) < 4.78 is 24.8. The molecule has 1 aromatic carbocycles. The second kappa shape index (κ2) is 6.41. The summed E-state index contributed by atoms with van der Waals surface area (Å²) >= 11 is 0. The standard InChI is InChI=1S/C17H23NO3S/c19-17(15-5-4-6-15)18-11-9-14(10-12-18)13-22(20,21)16-7-2-1-3-8-16/h1-3,7-8,14-15H,4-6,9-13H2. The molecule has 1 saturated heterocycles. The van der Waals surface area contributed by atoms with Gasteiger partial charge in [-0.3, -0.25) is 4.79 Å². The zero-order valence-electron chi connectivity index (χ0n) is 12.8. The largest absolute Gasteiger partial charge is 0.342 e. The smallest absolute Gasteiger partial charge is 0.225 e. The molecular weight excluding hydrogens is 298 g/mol. The number of hydrogen-bond donors (Lipinski definition) is 0. The van der Waals surface area contributed by atoms with E-state index in [9.17, 15) is 13.2 Å². The summed E-state index contributed by atoms with van der Waals surface area (Å²) in [4.78, 5) is 14.5. The molecule has 0 atom stereocenters. The van der Waals surface area contributed by atoms with Crippen LogP contribution in [0.4, 0.5) is 0 Å². The molecule has 2 fully saturated rings. The molecule has 3 rings (SSSR count). The molecule has 5 heteroatoms. The summed E-state index contributed by atoms with van der Waals surface area (Å²) in [7, 11) is -3.21. The minimum Gasteiger partial charge on any atom is -0.342 e. The topological polar surface area (TPSA) is 54.5 Å². The van der Waals surface area contributed by atoms with E-state index in [2.05, 4.69) is 0 Å². The van der Waals surface area contributed by atoms with Crippen molar-refractivity contribution in [2.75, 3.05) is 18.8 Å². The highest BCUT2D eigenvalue weighted by molar-refractivity contribution is 7.91. The van der Waals surface area contributed by atoms with Crippen molar-refractivity contribution >= 4 is 15.7 Å². The zero-order valence-corrected chi connectivity index (χ0v) is 13.6. The van der Waals surface area contributed by atoms with Crippen LogP contribution >= 0.6 is 0 Å². The average Bonchev–Trinajstić information content (AvgIpc) is 2.47. The van der Waals surface area contributed by atoms with Gasteiger partial charge in [-0.1, -0.05) is 24.6 Å². The van der Waals surface area contributed by atoms with Gasteiger partial charge in [0.15, 0.2) is 9.84 Å². The molecule has 0 unspecified atom stereocenters. The molecule has 0 radical (unpaired) electrons. The van der Waals surface area contributed by atoms with Crippen molar-refractivity contribution in [1.29, 1.82) is 0 Å². The van der Waals surface area contributed by atoms with Gasteiger partial charge in [0.1, 0.15) is 0 Å². The molecule has 0 spiro atoms. The second-order valence-electron chi connectivity index (χ2n) is 6.49. The van der Waals surface area contributed by atoms with E-state index >= 15 is 0 Å². The quantitative estimate of drug-likeness (QED) is 0.856. The van der Waals surface area contributed by atoms with Gasteiger partial charge >= 0.3 is 0 Å². The predicted octanol–water partition coefficient (Wildman–Crippen LogP) is 2.50. The molecule has 0 aromatic heterocycles. The van der Waals surface area contributed by atoms with Crippen molar-refractivity contribution < 1.29 is 13.2 Å². The first-order chi connectivity index (χ1) is 10.6. The van der Waals surface area contributed by atoms with Crippen LogP contribution in [0.1, 0.15) is 32.1 Å². The fourth-order valence-corrected chi connectivity index (χ4v) is 4.99. The molecule has 1 heterocycles. The Kier molecular flexibility index (Phi) is 4.52. The van der Waals surface area contributed by atoms with Crippen molar-refractivity contribution in [2.24, 2.45) is 11.8 Å². The summed E-state index contributed by atoms with van der Waals surface area (Å²) in [5.74, 6) is 0.888. The van der Waals surface area contributed by atoms with Gasteiger partial charge in [0, 0.05) is 19.0 Å². The van der Waals surface area contributed by atoms with Crippen LogP contribution in [0, 0.1) is 11.8 Å². The van der Waals surface area contributed by atoms with E-state index in [4.69, 9.17) is 0 Å². The number of benzene rings is 1. The molecule has 1 aromatic rings. The summed E-state index contributed by atoms with van der Waals surface area (Å²) in [5, 5.41) is 0. The Morgan fingerprint density at radius 1 is 1.05 bits per heavy atom. The molecule has 22 heavy (non-hydrogen) atoms. The van der Waals surface area contributed by atoms with Crippen LogP contribution in [-0.2, 0) is 14.6 Å². The third-order valence-electron chi connectivity index (χ3n) is 4.94. The summed E-state index contributed by atoms with van der Waals surface area (Å²) in [6, 6.07) is 8.65. The van der Waals surface area contributed by atoms with Crippen LogP contribution in [0.15, 0.2) is 35.2 Å². The van der Waals surface area contributed by atoms with Gasteiger partial charge in [0.2, 0.25) is 5.91 Å². The lowest BCUT2D eigenvalue weighted by molar-refractivity contribution is -0.139. The summed E-state index contributed by atoms with van der Waals surface area (Å²) in [6.07, 6.45) is 4.82. The normalized spacial score (nSPS) is 20.6. The fraction of sp³-hybridized carbons (Fsp3) is 0.588. The number of rotatable bonds is 4. The van der Waals surface area contributed by atoms with E-state index in [1.807, 2.05) is 11.0 Å². The van der Waals surface area contributed by atoms with E-state index in [-0.39, 0.29) is 23.5 Å². The summed E-state index contributed by atoms with van der Waals surface area (Å²) in [6.45, 7) is 1.43. The number of amides is 1. The lowest BCUT2D eigenvalue weighted by Crippen LogP contribution is -2.44. The third kappa shape index (κ3) is 3.35. The van der Waals surface area contributed by atoms with Gasteiger partial charge in [-0.2, -0.15) is 0 Å². The number of carbonyl (C=O) groups excluding carboxylic acids is 1. The van der Waals surface area contributed by atoms with Crippen LogP contribution in [0.5, 0.6) is 0 Å².